The van der Waals surface area contributed by atoms with Crippen LogP contribution in [-0.2, 0) is 0 Å². The summed E-state index contributed by atoms with van der Waals surface area (Å²) in [6.45, 7) is 0. The van der Waals surface area contributed by atoms with Crippen LogP contribution in [0.4, 0.5) is 11.7 Å². The van der Waals surface area contributed by atoms with E-state index in [-0.39, 0.29) is 24.4 Å². The average molecular weight is 427 g/mol. The Labute approximate surface area is 182 Å². The molecule has 3 aromatic rings. The molecule has 2 saturated heterocycles. The van der Waals surface area contributed by atoms with E-state index < -0.39 is 0 Å². The molecule has 2 fully saturated rings. The Morgan fingerprint density at radius 1 is 1.07 bits per heavy atom. The molecule has 5 rings (SSSR count). The second-order valence-electron chi connectivity index (χ2n) is 8.21. The molecule has 30 heavy (non-hydrogen) atoms. The number of aromatic nitrogens is 1. The maximum atomic E-state index is 13.1. The number of nitrogens with zero attached hydrogens (tertiary/aromatic N) is 2. The number of carbonyl (C=O) groups is 1. The van der Waals surface area contributed by atoms with E-state index in [1.54, 1.807) is 0 Å². The summed E-state index contributed by atoms with van der Waals surface area (Å²) in [5.41, 5.74) is 2.66. The van der Waals surface area contributed by atoms with Gasteiger partial charge in [0.25, 0.3) is 11.9 Å². The molecule has 6 nitrogen and oxygen atoms in total. The van der Waals surface area contributed by atoms with Crippen molar-refractivity contribution < 1.29 is 9.21 Å². The number of piperidine rings is 2. The van der Waals surface area contributed by atoms with Crippen LogP contribution in [-0.4, -0.2) is 41.0 Å². The number of hydrogen-bond acceptors (Lipinski definition) is 5. The molecular formula is C23H27ClN4O2. The van der Waals surface area contributed by atoms with Crippen molar-refractivity contribution in [3.05, 3.63) is 54.1 Å². The first-order chi connectivity index (χ1) is 14.2. The summed E-state index contributed by atoms with van der Waals surface area (Å²) in [5.74, 6) is -0.0669. The quantitative estimate of drug-likeness (QED) is 0.630. The van der Waals surface area contributed by atoms with E-state index in [0.29, 0.717) is 34.8 Å². The van der Waals surface area contributed by atoms with Crippen LogP contribution in [0.15, 0.2) is 52.9 Å². The number of anilines is 2. The van der Waals surface area contributed by atoms with E-state index in [0.717, 1.165) is 18.5 Å². The van der Waals surface area contributed by atoms with Gasteiger partial charge >= 0.3 is 0 Å². The highest BCUT2D eigenvalue weighted by atomic mass is 35.5. The SMILES string of the molecule is CN1C2CCCC1CC(NC(=O)c1cccc3oc(Nc4ccccc4)nc13)C2.Cl. The van der Waals surface area contributed by atoms with Gasteiger partial charge < -0.3 is 20.0 Å². The van der Waals surface area contributed by atoms with E-state index in [9.17, 15) is 4.79 Å². The van der Waals surface area contributed by atoms with Gasteiger partial charge in [-0.3, -0.25) is 4.79 Å². The summed E-state index contributed by atoms with van der Waals surface area (Å²) < 4.78 is 5.82. The van der Waals surface area contributed by atoms with E-state index in [4.69, 9.17) is 4.42 Å². The first kappa shape index (κ1) is 20.7. The van der Waals surface area contributed by atoms with Gasteiger partial charge in [0.15, 0.2) is 5.58 Å². The fraction of sp³-hybridized carbons (Fsp3) is 0.391. The van der Waals surface area contributed by atoms with Gasteiger partial charge in [0.2, 0.25) is 0 Å². The Balaban J connectivity index is 0.00000218. The molecule has 0 aliphatic carbocycles. The monoisotopic (exact) mass is 426 g/mol. The van der Waals surface area contributed by atoms with Crippen molar-refractivity contribution in [3.63, 3.8) is 0 Å². The number of hydrogen-bond donors (Lipinski definition) is 2. The molecule has 2 aliphatic heterocycles. The maximum Gasteiger partial charge on any atom is 0.300 e. The molecule has 0 saturated carbocycles. The summed E-state index contributed by atoms with van der Waals surface area (Å²) in [5, 5.41) is 6.43. The number of benzene rings is 2. The zero-order valence-electron chi connectivity index (χ0n) is 17.0. The summed E-state index contributed by atoms with van der Waals surface area (Å²) in [7, 11) is 2.23. The number of halogens is 1. The van der Waals surface area contributed by atoms with E-state index >= 15 is 0 Å². The molecule has 0 spiro atoms. The molecule has 2 aliphatic rings. The molecule has 0 radical (unpaired) electrons. The van der Waals surface area contributed by atoms with Gasteiger partial charge in [-0.2, -0.15) is 4.98 Å². The molecule has 1 aromatic heterocycles. The number of para-hydroxylation sites is 2. The zero-order valence-corrected chi connectivity index (χ0v) is 17.8. The highest BCUT2D eigenvalue weighted by Crippen LogP contribution is 2.33. The lowest BCUT2D eigenvalue weighted by molar-refractivity contribution is 0.0463. The van der Waals surface area contributed by atoms with Crippen LogP contribution in [0.1, 0.15) is 42.5 Å². The highest BCUT2D eigenvalue weighted by molar-refractivity contribution is 6.04. The molecule has 2 atom stereocenters. The van der Waals surface area contributed by atoms with E-state index in [2.05, 4.69) is 27.6 Å². The van der Waals surface area contributed by atoms with Gasteiger partial charge in [0.05, 0.1) is 5.56 Å². The van der Waals surface area contributed by atoms with Gasteiger partial charge in [-0.25, -0.2) is 0 Å². The molecule has 2 N–H and O–H groups in total. The zero-order chi connectivity index (χ0) is 19.8. The first-order valence-corrected chi connectivity index (χ1v) is 10.4. The second-order valence-corrected chi connectivity index (χ2v) is 8.21. The van der Waals surface area contributed by atoms with Crippen molar-refractivity contribution in [1.82, 2.24) is 15.2 Å². The van der Waals surface area contributed by atoms with Gasteiger partial charge in [-0.1, -0.05) is 30.7 Å². The van der Waals surface area contributed by atoms with Crippen molar-refractivity contribution >= 4 is 41.1 Å². The molecule has 1 amide bonds. The topological polar surface area (TPSA) is 70.4 Å². The largest absolute Gasteiger partial charge is 0.423 e. The van der Waals surface area contributed by atoms with Crippen molar-refractivity contribution in [2.45, 2.75) is 50.2 Å². The molecule has 158 valence electrons. The van der Waals surface area contributed by atoms with Gasteiger partial charge in [-0.15, -0.1) is 12.4 Å². The lowest BCUT2D eigenvalue weighted by Crippen LogP contribution is -2.55. The lowest BCUT2D eigenvalue weighted by Gasteiger charge is -2.47. The van der Waals surface area contributed by atoms with Crippen molar-refractivity contribution in [2.75, 3.05) is 12.4 Å². The average Bonchev–Trinajstić information content (AvgIpc) is 3.12. The van der Waals surface area contributed by atoms with Crippen LogP contribution >= 0.6 is 12.4 Å². The predicted molar refractivity (Wildman–Crippen MR) is 121 cm³/mol. The minimum atomic E-state index is -0.0669. The number of carbonyl (C=O) groups excluding carboxylic acids is 1. The third-order valence-corrected chi connectivity index (χ3v) is 6.36. The van der Waals surface area contributed by atoms with Crippen LogP contribution in [0.25, 0.3) is 11.1 Å². The Morgan fingerprint density at radius 3 is 2.53 bits per heavy atom. The van der Waals surface area contributed by atoms with Crippen molar-refractivity contribution in [3.8, 4) is 0 Å². The van der Waals surface area contributed by atoms with Gasteiger partial charge in [-0.05, 0) is 57.0 Å². The Hall–Kier alpha value is -2.57. The minimum absolute atomic E-state index is 0. The van der Waals surface area contributed by atoms with Crippen LogP contribution in [0.2, 0.25) is 0 Å². The van der Waals surface area contributed by atoms with E-state index in [1.165, 1.54) is 19.3 Å². The Bertz CT molecular complexity index is 1010. The maximum absolute atomic E-state index is 13.1. The molecule has 2 unspecified atom stereocenters. The lowest BCUT2D eigenvalue weighted by atomic mass is 9.82. The summed E-state index contributed by atoms with van der Waals surface area (Å²) in [6, 6.07) is 17.0. The summed E-state index contributed by atoms with van der Waals surface area (Å²) in [6.07, 6.45) is 5.80. The minimum Gasteiger partial charge on any atom is -0.423 e. The Kier molecular flexibility index (Phi) is 5.97. The molecule has 3 heterocycles. The van der Waals surface area contributed by atoms with Crippen LogP contribution in [0.5, 0.6) is 0 Å². The predicted octanol–water partition coefficient (Wildman–Crippen LogP) is 4.74. The van der Waals surface area contributed by atoms with Gasteiger partial charge in [0, 0.05) is 23.8 Å². The summed E-state index contributed by atoms with van der Waals surface area (Å²) in [4.78, 5) is 20.1. The molecule has 7 heteroatoms. The third kappa shape index (κ3) is 4.02. The van der Waals surface area contributed by atoms with Crippen molar-refractivity contribution in [1.29, 1.82) is 0 Å². The second kappa shape index (κ2) is 8.66. The standard InChI is InChI=1S/C23H26N4O2.ClH/c1-27-17-9-5-10-18(27)14-16(13-17)24-22(28)19-11-6-12-20-21(19)26-23(29-20)25-15-7-3-2-4-8-15;/h2-4,6-8,11-12,16-18H,5,9-10,13-14H2,1H3,(H,24,28)(H,25,26);1H. The fourth-order valence-electron chi connectivity index (χ4n) is 4.83. The van der Waals surface area contributed by atoms with E-state index in [1.807, 2.05) is 48.5 Å². The summed E-state index contributed by atoms with van der Waals surface area (Å²) >= 11 is 0. The highest BCUT2D eigenvalue weighted by Gasteiger charge is 2.36. The molecule has 2 aromatic carbocycles. The number of rotatable bonds is 4. The normalized spacial score (nSPS) is 23.6. The van der Waals surface area contributed by atoms with Crippen LogP contribution in [0, 0.1) is 0 Å². The fourth-order valence-corrected chi connectivity index (χ4v) is 4.83. The Morgan fingerprint density at radius 2 is 1.80 bits per heavy atom. The van der Waals surface area contributed by atoms with Crippen LogP contribution in [0.3, 0.4) is 0 Å². The van der Waals surface area contributed by atoms with Gasteiger partial charge in [0.1, 0.15) is 5.52 Å². The molecule has 2 bridgehead atoms. The first-order valence-electron chi connectivity index (χ1n) is 10.4. The number of fused-ring (bicyclic) bond motifs is 3. The van der Waals surface area contributed by atoms with Crippen molar-refractivity contribution in [2.24, 2.45) is 0 Å². The molecular weight excluding hydrogens is 400 g/mol. The number of nitrogens with one attached hydrogen (secondary N) is 2. The third-order valence-electron chi connectivity index (χ3n) is 6.36. The number of amides is 1. The number of oxazole rings is 1. The smallest absolute Gasteiger partial charge is 0.300 e. The van der Waals surface area contributed by atoms with Crippen LogP contribution < -0.4 is 10.6 Å².